The zero-order valence-electron chi connectivity index (χ0n) is 10.3. The van der Waals surface area contributed by atoms with Gasteiger partial charge in [0.25, 0.3) is 0 Å². The van der Waals surface area contributed by atoms with Gasteiger partial charge in [-0.15, -0.1) is 0 Å². The van der Waals surface area contributed by atoms with Gasteiger partial charge >= 0.3 is 0 Å². The summed E-state index contributed by atoms with van der Waals surface area (Å²) in [5.74, 6) is 0.224. The molecule has 0 aliphatic heterocycles. The number of nitrogens with two attached hydrogens (primary N) is 1. The monoisotopic (exact) mass is 228 g/mol. The van der Waals surface area contributed by atoms with E-state index in [4.69, 9.17) is 10.5 Å². The Labute approximate surface area is 98.1 Å². The molecule has 16 heavy (non-hydrogen) atoms. The van der Waals surface area contributed by atoms with E-state index < -0.39 is 0 Å². The van der Waals surface area contributed by atoms with E-state index >= 15 is 0 Å². The first-order valence-electron chi connectivity index (χ1n) is 6.28. The zero-order valence-corrected chi connectivity index (χ0v) is 10.3. The Balaban J connectivity index is 2.44. The maximum absolute atomic E-state index is 12.0. The summed E-state index contributed by atoms with van der Waals surface area (Å²) >= 11 is 0. The molecule has 0 bridgehead atoms. The standard InChI is InChI=1S/C12H24N2O2/c1-16-10-7-12(15)14(9-4-8-13)11-5-2-3-6-11/h11H,2-10,13H2,1H3. The molecule has 0 aromatic carbocycles. The number of carbonyl (C=O) groups excluding carboxylic acids is 1. The molecule has 0 saturated heterocycles. The van der Waals surface area contributed by atoms with E-state index in [1.165, 1.54) is 12.8 Å². The summed E-state index contributed by atoms with van der Waals surface area (Å²) in [7, 11) is 1.63. The van der Waals surface area contributed by atoms with Crippen molar-refractivity contribution < 1.29 is 9.53 Å². The lowest BCUT2D eigenvalue weighted by atomic mass is 10.2. The average Bonchev–Trinajstić information content (AvgIpc) is 2.80. The summed E-state index contributed by atoms with van der Waals surface area (Å²) in [5, 5.41) is 0. The summed E-state index contributed by atoms with van der Waals surface area (Å²) in [5.41, 5.74) is 5.51. The van der Waals surface area contributed by atoms with Gasteiger partial charge < -0.3 is 15.4 Å². The number of amides is 1. The van der Waals surface area contributed by atoms with Crippen molar-refractivity contribution in [1.29, 1.82) is 0 Å². The highest BCUT2D eigenvalue weighted by Gasteiger charge is 2.25. The number of hydrogen-bond donors (Lipinski definition) is 1. The molecule has 0 aromatic rings. The Morgan fingerprint density at radius 2 is 2.12 bits per heavy atom. The average molecular weight is 228 g/mol. The second-order valence-corrected chi connectivity index (χ2v) is 4.41. The molecule has 2 N–H and O–H groups in total. The van der Waals surface area contributed by atoms with Crippen LogP contribution >= 0.6 is 0 Å². The lowest BCUT2D eigenvalue weighted by Crippen LogP contribution is -2.40. The van der Waals surface area contributed by atoms with E-state index in [1.807, 2.05) is 4.90 Å². The maximum atomic E-state index is 12.0. The summed E-state index contributed by atoms with van der Waals surface area (Å²) in [6.07, 6.45) is 6.21. The van der Waals surface area contributed by atoms with Crippen molar-refractivity contribution in [2.24, 2.45) is 5.73 Å². The number of methoxy groups -OCH3 is 1. The van der Waals surface area contributed by atoms with Gasteiger partial charge in [-0.25, -0.2) is 0 Å². The number of nitrogens with zero attached hydrogens (tertiary/aromatic N) is 1. The third-order valence-electron chi connectivity index (χ3n) is 3.21. The lowest BCUT2D eigenvalue weighted by Gasteiger charge is -2.29. The maximum Gasteiger partial charge on any atom is 0.225 e. The number of carbonyl (C=O) groups is 1. The molecule has 4 heteroatoms. The molecule has 0 heterocycles. The minimum absolute atomic E-state index is 0.224. The SMILES string of the molecule is COCCC(=O)N(CCCN)C1CCCC1. The van der Waals surface area contributed by atoms with Gasteiger partial charge in [0.2, 0.25) is 5.91 Å². The third kappa shape index (κ3) is 4.10. The van der Waals surface area contributed by atoms with Gasteiger partial charge in [0, 0.05) is 19.7 Å². The van der Waals surface area contributed by atoms with E-state index in [0.29, 0.717) is 25.6 Å². The Hall–Kier alpha value is -0.610. The highest BCUT2D eigenvalue weighted by molar-refractivity contribution is 5.76. The molecule has 1 amide bonds. The summed E-state index contributed by atoms with van der Waals surface area (Å²) in [6.45, 7) is 1.98. The van der Waals surface area contributed by atoms with Crippen molar-refractivity contribution in [1.82, 2.24) is 4.90 Å². The number of ether oxygens (including phenoxy) is 1. The second-order valence-electron chi connectivity index (χ2n) is 4.41. The Morgan fingerprint density at radius 1 is 1.44 bits per heavy atom. The molecule has 0 radical (unpaired) electrons. The molecule has 1 saturated carbocycles. The van der Waals surface area contributed by atoms with Gasteiger partial charge in [-0.05, 0) is 25.8 Å². The fourth-order valence-corrected chi connectivity index (χ4v) is 2.32. The van der Waals surface area contributed by atoms with Gasteiger partial charge in [-0.3, -0.25) is 4.79 Å². The third-order valence-corrected chi connectivity index (χ3v) is 3.21. The zero-order chi connectivity index (χ0) is 11.8. The molecular weight excluding hydrogens is 204 g/mol. The van der Waals surface area contributed by atoms with Gasteiger partial charge in [0.1, 0.15) is 0 Å². The fraction of sp³-hybridized carbons (Fsp3) is 0.917. The molecule has 1 aliphatic rings. The van der Waals surface area contributed by atoms with Gasteiger partial charge in [-0.1, -0.05) is 12.8 Å². The van der Waals surface area contributed by atoms with Crippen LogP contribution in [0.4, 0.5) is 0 Å². The van der Waals surface area contributed by atoms with E-state index in [1.54, 1.807) is 7.11 Å². The van der Waals surface area contributed by atoms with Crippen LogP contribution in [0.2, 0.25) is 0 Å². The molecule has 0 spiro atoms. The van der Waals surface area contributed by atoms with Crippen molar-refractivity contribution in [2.45, 2.75) is 44.6 Å². The molecule has 4 nitrogen and oxygen atoms in total. The summed E-state index contributed by atoms with van der Waals surface area (Å²) < 4.78 is 4.96. The van der Waals surface area contributed by atoms with Crippen LogP contribution in [-0.4, -0.2) is 43.7 Å². The van der Waals surface area contributed by atoms with Crippen LogP contribution in [0.3, 0.4) is 0 Å². The normalized spacial score (nSPS) is 16.6. The predicted octanol–water partition coefficient (Wildman–Crippen LogP) is 1.14. The van der Waals surface area contributed by atoms with Gasteiger partial charge in [0.15, 0.2) is 0 Å². The smallest absolute Gasteiger partial charge is 0.225 e. The van der Waals surface area contributed by atoms with E-state index in [9.17, 15) is 4.79 Å². The highest BCUT2D eigenvalue weighted by atomic mass is 16.5. The minimum atomic E-state index is 0.224. The van der Waals surface area contributed by atoms with Crippen molar-refractivity contribution in [3.63, 3.8) is 0 Å². The van der Waals surface area contributed by atoms with Crippen LogP contribution in [0.15, 0.2) is 0 Å². The Morgan fingerprint density at radius 3 is 2.69 bits per heavy atom. The first-order chi connectivity index (χ1) is 7.79. The number of rotatable bonds is 7. The molecular formula is C12H24N2O2. The summed E-state index contributed by atoms with van der Waals surface area (Å²) in [6, 6.07) is 0.455. The van der Waals surface area contributed by atoms with E-state index in [-0.39, 0.29) is 5.91 Å². The van der Waals surface area contributed by atoms with Crippen molar-refractivity contribution >= 4 is 5.91 Å². The Kier molecular flexibility index (Phi) is 6.42. The van der Waals surface area contributed by atoms with Crippen molar-refractivity contribution in [2.75, 3.05) is 26.8 Å². The molecule has 0 atom stereocenters. The van der Waals surface area contributed by atoms with Crippen molar-refractivity contribution in [3.05, 3.63) is 0 Å². The van der Waals surface area contributed by atoms with Crippen LogP contribution in [-0.2, 0) is 9.53 Å². The first kappa shape index (κ1) is 13.5. The molecule has 94 valence electrons. The quantitative estimate of drug-likeness (QED) is 0.711. The highest BCUT2D eigenvalue weighted by Crippen LogP contribution is 2.24. The number of hydrogen-bond acceptors (Lipinski definition) is 3. The van der Waals surface area contributed by atoms with E-state index in [0.717, 1.165) is 25.8 Å². The minimum Gasteiger partial charge on any atom is -0.384 e. The van der Waals surface area contributed by atoms with Gasteiger partial charge in [-0.2, -0.15) is 0 Å². The van der Waals surface area contributed by atoms with Gasteiger partial charge in [0.05, 0.1) is 13.0 Å². The predicted molar refractivity (Wildman–Crippen MR) is 64.1 cm³/mol. The Bertz CT molecular complexity index is 203. The van der Waals surface area contributed by atoms with Crippen LogP contribution in [0.5, 0.6) is 0 Å². The molecule has 1 rings (SSSR count). The van der Waals surface area contributed by atoms with Crippen LogP contribution in [0, 0.1) is 0 Å². The van der Waals surface area contributed by atoms with Crippen LogP contribution < -0.4 is 5.73 Å². The van der Waals surface area contributed by atoms with E-state index in [2.05, 4.69) is 0 Å². The molecule has 0 unspecified atom stereocenters. The second kappa shape index (κ2) is 7.63. The lowest BCUT2D eigenvalue weighted by molar-refractivity contribution is -0.134. The topological polar surface area (TPSA) is 55.6 Å². The van der Waals surface area contributed by atoms with Crippen LogP contribution in [0.1, 0.15) is 38.5 Å². The first-order valence-corrected chi connectivity index (χ1v) is 6.28. The van der Waals surface area contributed by atoms with Crippen molar-refractivity contribution in [3.8, 4) is 0 Å². The van der Waals surface area contributed by atoms with Crippen LogP contribution in [0.25, 0.3) is 0 Å². The largest absolute Gasteiger partial charge is 0.384 e. The molecule has 1 fully saturated rings. The fourth-order valence-electron chi connectivity index (χ4n) is 2.32. The molecule has 0 aromatic heterocycles. The summed E-state index contributed by atoms with van der Waals surface area (Å²) in [4.78, 5) is 14.0. The molecule has 1 aliphatic carbocycles.